The van der Waals surface area contributed by atoms with E-state index in [1.807, 2.05) is 0 Å². The highest BCUT2D eigenvalue weighted by atomic mass is 31.1. The Morgan fingerprint density at radius 1 is 0.600 bits per heavy atom. The minimum atomic E-state index is -0.557. The van der Waals surface area contributed by atoms with Crippen molar-refractivity contribution in [3.05, 3.63) is 90.5 Å². The fourth-order valence-corrected chi connectivity index (χ4v) is 5.34. The molecule has 3 aromatic carbocycles. The smallest absolute Gasteiger partial charge is 0.183 e. The molecule has 0 saturated carbocycles. The maximum atomic E-state index is 5.72. The van der Waals surface area contributed by atoms with E-state index < -0.39 is 7.92 Å². The number of hydrogen-bond acceptors (Lipinski definition) is 2. The zero-order chi connectivity index (χ0) is 16.9. The first-order valence-corrected chi connectivity index (χ1v) is 9.99. The molecular formula is C22H21O2P. The maximum absolute atomic E-state index is 5.72. The van der Waals surface area contributed by atoms with Gasteiger partial charge in [0, 0.05) is 5.56 Å². The van der Waals surface area contributed by atoms with E-state index in [1.165, 1.54) is 15.9 Å². The van der Waals surface area contributed by atoms with Gasteiger partial charge in [-0.05, 0) is 30.3 Å². The molecule has 0 radical (unpaired) electrons. The standard InChI is InChI=1S/C22H21O2P/c1-3-8-19(9-4-1)25(20-10-5-2-6-11-20)21-14-12-18(13-15-21)22-23-16-7-17-24-22/h1-6,8-15,22H,7,16-17H2. The maximum Gasteiger partial charge on any atom is 0.183 e. The Labute approximate surface area is 150 Å². The molecule has 1 aliphatic heterocycles. The molecule has 0 N–H and O–H groups in total. The van der Waals surface area contributed by atoms with Gasteiger partial charge >= 0.3 is 0 Å². The highest BCUT2D eigenvalue weighted by Crippen LogP contribution is 2.33. The van der Waals surface area contributed by atoms with Gasteiger partial charge in [-0.2, -0.15) is 0 Å². The van der Waals surface area contributed by atoms with Gasteiger partial charge in [-0.1, -0.05) is 84.9 Å². The second-order valence-corrected chi connectivity index (χ2v) is 8.25. The van der Waals surface area contributed by atoms with E-state index in [2.05, 4.69) is 84.9 Å². The van der Waals surface area contributed by atoms with Crippen LogP contribution < -0.4 is 15.9 Å². The summed E-state index contributed by atoms with van der Waals surface area (Å²) in [4.78, 5) is 0. The molecule has 0 bridgehead atoms. The first kappa shape index (κ1) is 16.5. The Bertz CT molecular complexity index is 742. The average Bonchev–Trinajstić information content (AvgIpc) is 2.71. The number of rotatable bonds is 4. The molecule has 1 heterocycles. The van der Waals surface area contributed by atoms with Crippen LogP contribution in [0, 0.1) is 0 Å². The van der Waals surface area contributed by atoms with Crippen molar-refractivity contribution in [2.24, 2.45) is 0 Å². The molecule has 25 heavy (non-hydrogen) atoms. The van der Waals surface area contributed by atoms with Crippen molar-refractivity contribution in [3.63, 3.8) is 0 Å². The van der Waals surface area contributed by atoms with Gasteiger partial charge < -0.3 is 9.47 Å². The van der Waals surface area contributed by atoms with Crippen LogP contribution in [0.1, 0.15) is 18.3 Å². The molecule has 3 heteroatoms. The highest BCUT2D eigenvalue weighted by Gasteiger charge is 2.19. The second kappa shape index (κ2) is 7.93. The minimum absolute atomic E-state index is 0.220. The molecule has 2 nitrogen and oxygen atoms in total. The third-order valence-electron chi connectivity index (χ3n) is 4.28. The summed E-state index contributed by atoms with van der Waals surface area (Å²) in [5.41, 5.74) is 1.10. The molecule has 1 saturated heterocycles. The molecule has 126 valence electrons. The molecule has 4 rings (SSSR count). The summed E-state index contributed by atoms with van der Waals surface area (Å²) in [6.07, 6.45) is 0.754. The Balaban J connectivity index is 1.68. The normalized spacial score (nSPS) is 15.4. The Morgan fingerprint density at radius 2 is 1.08 bits per heavy atom. The van der Waals surface area contributed by atoms with Crippen molar-refractivity contribution in [2.45, 2.75) is 12.7 Å². The second-order valence-electron chi connectivity index (χ2n) is 6.03. The lowest BCUT2D eigenvalue weighted by Crippen LogP contribution is -2.21. The summed E-state index contributed by atoms with van der Waals surface area (Å²) < 4.78 is 11.4. The molecule has 0 amide bonds. The van der Waals surface area contributed by atoms with E-state index in [1.54, 1.807) is 0 Å². The van der Waals surface area contributed by atoms with Gasteiger partial charge in [-0.25, -0.2) is 0 Å². The first-order chi connectivity index (χ1) is 12.4. The summed E-state index contributed by atoms with van der Waals surface area (Å²) >= 11 is 0. The fourth-order valence-electron chi connectivity index (χ4n) is 3.06. The van der Waals surface area contributed by atoms with Crippen LogP contribution in [0.2, 0.25) is 0 Å². The Kier molecular flexibility index (Phi) is 5.22. The molecule has 0 unspecified atom stereocenters. The summed E-state index contributed by atoms with van der Waals surface area (Å²) in [5.74, 6) is 0. The van der Waals surface area contributed by atoms with Gasteiger partial charge in [-0.15, -0.1) is 0 Å². The molecule has 0 spiro atoms. The van der Waals surface area contributed by atoms with Crippen LogP contribution >= 0.6 is 7.92 Å². The van der Waals surface area contributed by atoms with Gasteiger partial charge in [0.15, 0.2) is 6.29 Å². The van der Waals surface area contributed by atoms with Gasteiger partial charge in [0.25, 0.3) is 0 Å². The number of benzene rings is 3. The summed E-state index contributed by atoms with van der Waals surface area (Å²) in [7, 11) is -0.557. The first-order valence-electron chi connectivity index (χ1n) is 8.65. The highest BCUT2D eigenvalue weighted by molar-refractivity contribution is 7.79. The van der Waals surface area contributed by atoms with Crippen molar-refractivity contribution in [2.75, 3.05) is 13.2 Å². The van der Waals surface area contributed by atoms with Crippen LogP contribution in [0.5, 0.6) is 0 Å². The molecule has 1 fully saturated rings. The third kappa shape index (κ3) is 3.82. The van der Waals surface area contributed by atoms with Crippen LogP contribution in [-0.2, 0) is 9.47 Å². The summed E-state index contributed by atoms with van der Waals surface area (Å²) in [6, 6.07) is 30.2. The van der Waals surface area contributed by atoms with Gasteiger partial charge in [0.2, 0.25) is 0 Å². The van der Waals surface area contributed by atoms with E-state index in [9.17, 15) is 0 Å². The zero-order valence-electron chi connectivity index (χ0n) is 14.0. The van der Waals surface area contributed by atoms with E-state index in [0.717, 1.165) is 25.2 Å². The van der Waals surface area contributed by atoms with Crippen molar-refractivity contribution in [1.82, 2.24) is 0 Å². The SMILES string of the molecule is c1ccc(P(c2ccccc2)c2ccc(C3OCCCO3)cc2)cc1. The van der Waals surface area contributed by atoms with Crippen LogP contribution in [0.15, 0.2) is 84.9 Å². The van der Waals surface area contributed by atoms with Gasteiger partial charge in [-0.3, -0.25) is 0 Å². The van der Waals surface area contributed by atoms with Crippen molar-refractivity contribution < 1.29 is 9.47 Å². The average molecular weight is 348 g/mol. The molecule has 0 atom stereocenters. The van der Waals surface area contributed by atoms with Crippen molar-refractivity contribution in [1.29, 1.82) is 0 Å². The molecule has 0 aromatic heterocycles. The van der Waals surface area contributed by atoms with Crippen molar-refractivity contribution >= 4 is 23.8 Å². The van der Waals surface area contributed by atoms with Crippen LogP contribution in [-0.4, -0.2) is 13.2 Å². The van der Waals surface area contributed by atoms with E-state index >= 15 is 0 Å². The lowest BCUT2D eigenvalue weighted by atomic mass is 10.2. The topological polar surface area (TPSA) is 18.5 Å². The predicted octanol–water partition coefficient (Wildman–Crippen LogP) is 3.88. The third-order valence-corrected chi connectivity index (χ3v) is 6.72. The van der Waals surface area contributed by atoms with E-state index in [-0.39, 0.29) is 6.29 Å². The van der Waals surface area contributed by atoms with E-state index in [0.29, 0.717) is 0 Å². The molecular weight excluding hydrogens is 327 g/mol. The molecule has 0 aliphatic carbocycles. The lowest BCUT2D eigenvalue weighted by Gasteiger charge is -2.24. The van der Waals surface area contributed by atoms with Gasteiger partial charge in [0.05, 0.1) is 13.2 Å². The predicted molar refractivity (Wildman–Crippen MR) is 104 cm³/mol. The zero-order valence-corrected chi connectivity index (χ0v) is 14.9. The van der Waals surface area contributed by atoms with Crippen LogP contribution in [0.3, 0.4) is 0 Å². The van der Waals surface area contributed by atoms with Crippen LogP contribution in [0.25, 0.3) is 0 Å². The number of hydrogen-bond donors (Lipinski definition) is 0. The minimum Gasteiger partial charge on any atom is -0.348 e. The largest absolute Gasteiger partial charge is 0.348 e. The fraction of sp³-hybridized carbons (Fsp3) is 0.182. The van der Waals surface area contributed by atoms with Crippen molar-refractivity contribution in [3.8, 4) is 0 Å². The molecule has 3 aromatic rings. The monoisotopic (exact) mass is 348 g/mol. The Morgan fingerprint density at radius 3 is 1.60 bits per heavy atom. The van der Waals surface area contributed by atoms with Gasteiger partial charge in [0.1, 0.15) is 0 Å². The lowest BCUT2D eigenvalue weighted by molar-refractivity contribution is -0.183. The molecule has 1 aliphatic rings. The van der Waals surface area contributed by atoms with Crippen LogP contribution in [0.4, 0.5) is 0 Å². The van der Waals surface area contributed by atoms with E-state index in [4.69, 9.17) is 9.47 Å². The summed E-state index contributed by atoms with van der Waals surface area (Å²) in [5, 5.41) is 4.06. The quantitative estimate of drug-likeness (QED) is 0.666. The summed E-state index contributed by atoms with van der Waals surface area (Å²) in [6.45, 7) is 1.54. The number of ether oxygens (including phenoxy) is 2. The Hall–Kier alpha value is -1.99.